The van der Waals surface area contributed by atoms with Crippen LogP contribution in [0.2, 0.25) is 0 Å². The van der Waals surface area contributed by atoms with Crippen molar-refractivity contribution in [3.05, 3.63) is 48.2 Å². The third-order valence-corrected chi connectivity index (χ3v) is 3.59. The van der Waals surface area contributed by atoms with Crippen molar-refractivity contribution in [3.8, 4) is 17.2 Å². The number of pyridine rings is 1. The maximum absolute atomic E-state index is 9.75. The highest BCUT2D eigenvalue weighted by Gasteiger charge is 2.10. The van der Waals surface area contributed by atoms with Gasteiger partial charge in [0.25, 0.3) is 0 Å². The Morgan fingerprint density at radius 2 is 1.71 bits per heavy atom. The maximum Gasteiger partial charge on any atom is 0.162 e. The van der Waals surface area contributed by atoms with Gasteiger partial charge in [0.1, 0.15) is 5.75 Å². The lowest BCUT2D eigenvalue weighted by atomic mass is 10.1. The smallest absolute Gasteiger partial charge is 0.162 e. The number of hydrogen-bond donors (Lipinski definition) is 2. The molecule has 1 heterocycles. The second kappa shape index (κ2) is 7.27. The van der Waals surface area contributed by atoms with E-state index in [9.17, 15) is 5.11 Å². The molecule has 0 aliphatic carbocycles. The molecule has 24 heavy (non-hydrogen) atoms. The number of halogens is 1. The van der Waals surface area contributed by atoms with Gasteiger partial charge in [-0.25, -0.2) is 0 Å². The average molecular weight is 347 g/mol. The lowest BCUT2D eigenvalue weighted by molar-refractivity contribution is 0.356. The Hall–Kier alpha value is -2.66. The van der Waals surface area contributed by atoms with Gasteiger partial charge in [0.15, 0.2) is 11.5 Å². The second-order valence-corrected chi connectivity index (χ2v) is 5.27. The number of phenols is 1. The summed E-state index contributed by atoms with van der Waals surface area (Å²) in [6.45, 7) is 1.93. The highest BCUT2D eigenvalue weighted by Crippen LogP contribution is 2.35. The fraction of sp³-hybridized carbons (Fsp3) is 0.167. The Bertz CT molecular complexity index is 848. The van der Waals surface area contributed by atoms with Gasteiger partial charge in [-0.2, -0.15) is 0 Å². The van der Waals surface area contributed by atoms with Crippen LogP contribution in [0.15, 0.2) is 42.6 Å². The minimum atomic E-state index is 0. The first-order chi connectivity index (χ1) is 11.1. The Morgan fingerprint density at radius 3 is 2.38 bits per heavy atom. The Kier molecular flexibility index (Phi) is 5.36. The zero-order valence-electron chi connectivity index (χ0n) is 13.7. The topological polar surface area (TPSA) is 63.6 Å². The number of fused-ring (bicyclic) bond motifs is 1. The quantitative estimate of drug-likeness (QED) is 0.731. The number of aromatic nitrogens is 1. The largest absolute Gasteiger partial charge is 0.508 e. The molecule has 2 aromatic carbocycles. The summed E-state index contributed by atoms with van der Waals surface area (Å²) in [6.07, 6.45) is 1.73. The first kappa shape index (κ1) is 17.7. The predicted octanol–water partition coefficient (Wildman–Crippen LogP) is 4.43. The molecule has 0 bridgehead atoms. The number of anilines is 2. The van der Waals surface area contributed by atoms with Gasteiger partial charge in [-0.15, -0.1) is 12.4 Å². The van der Waals surface area contributed by atoms with Crippen molar-refractivity contribution in [1.82, 2.24) is 4.98 Å². The van der Waals surface area contributed by atoms with Crippen LogP contribution in [-0.2, 0) is 0 Å². The van der Waals surface area contributed by atoms with E-state index in [1.54, 1.807) is 32.5 Å². The summed E-state index contributed by atoms with van der Waals surface area (Å²) in [5.74, 6) is 1.51. The van der Waals surface area contributed by atoms with Crippen LogP contribution in [0.25, 0.3) is 10.9 Å². The number of ether oxygens (including phenoxy) is 2. The highest BCUT2D eigenvalue weighted by atomic mass is 35.5. The van der Waals surface area contributed by atoms with Crippen LogP contribution in [0, 0.1) is 6.92 Å². The van der Waals surface area contributed by atoms with Gasteiger partial charge in [0.2, 0.25) is 0 Å². The average Bonchev–Trinajstić information content (AvgIpc) is 2.53. The van der Waals surface area contributed by atoms with Crippen LogP contribution in [-0.4, -0.2) is 24.3 Å². The van der Waals surface area contributed by atoms with E-state index in [0.717, 1.165) is 27.8 Å². The number of nitrogens with one attached hydrogen (secondary N) is 1. The number of hydrogen-bond acceptors (Lipinski definition) is 5. The Balaban J connectivity index is 0.00000208. The molecule has 1 aromatic heterocycles. The molecule has 126 valence electrons. The molecular formula is C18H19ClN2O3. The van der Waals surface area contributed by atoms with Crippen molar-refractivity contribution in [2.45, 2.75) is 6.92 Å². The molecule has 3 rings (SSSR count). The molecule has 0 saturated heterocycles. The van der Waals surface area contributed by atoms with Crippen molar-refractivity contribution >= 4 is 34.7 Å². The Morgan fingerprint density at radius 1 is 1.00 bits per heavy atom. The minimum Gasteiger partial charge on any atom is -0.508 e. The van der Waals surface area contributed by atoms with Gasteiger partial charge in [-0.3, -0.25) is 4.98 Å². The minimum absolute atomic E-state index is 0. The molecule has 6 heteroatoms. The molecule has 0 aliphatic rings. The number of aryl methyl sites for hydroxylation is 1. The molecular weight excluding hydrogens is 328 g/mol. The van der Waals surface area contributed by atoms with Crippen molar-refractivity contribution in [2.24, 2.45) is 0 Å². The van der Waals surface area contributed by atoms with Gasteiger partial charge in [0.05, 0.1) is 19.7 Å². The summed E-state index contributed by atoms with van der Waals surface area (Å²) in [6, 6.07) is 11.0. The molecule has 3 aromatic rings. The van der Waals surface area contributed by atoms with Crippen LogP contribution in [0.1, 0.15) is 5.56 Å². The van der Waals surface area contributed by atoms with Crippen LogP contribution in [0.4, 0.5) is 11.4 Å². The Labute approximate surface area is 146 Å². The third kappa shape index (κ3) is 3.46. The SMILES string of the molecule is COc1cc2nccc(Nc3cc(C)cc(O)c3)c2cc1OC.Cl. The van der Waals surface area contributed by atoms with Gasteiger partial charge >= 0.3 is 0 Å². The van der Waals surface area contributed by atoms with Gasteiger partial charge in [-0.1, -0.05) is 0 Å². The van der Waals surface area contributed by atoms with E-state index in [4.69, 9.17) is 9.47 Å². The predicted molar refractivity (Wildman–Crippen MR) is 98.2 cm³/mol. The number of rotatable bonds is 4. The lowest BCUT2D eigenvalue weighted by Gasteiger charge is -2.13. The molecule has 0 radical (unpaired) electrons. The van der Waals surface area contributed by atoms with E-state index in [-0.39, 0.29) is 18.2 Å². The number of methoxy groups -OCH3 is 2. The molecule has 0 amide bonds. The van der Waals surface area contributed by atoms with Crippen LogP contribution in [0.5, 0.6) is 17.2 Å². The molecule has 0 atom stereocenters. The summed E-state index contributed by atoms with van der Waals surface area (Å²) in [5.41, 5.74) is 3.46. The molecule has 2 N–H and O–H groups in total. The fourth-order valence-electron chi connectivity index (χ4n) is 2.57. The second-order valence-electron chi connectivity index (χ2n) is 5.27. The zero-order chi connectivity index (χ0) is 16.4. The van der Waals surface area contributed by atoms with E-state index in [1.165, 1.54) is 0 Å². The molecule has 0 aliphatic heterocycles. The summed E-state index contributed by atoms with van der Waals surface area (Å²) >= 11 is 0. The maximum atomic E-state index is 9.75. The van der Waals surface area contributed by atoms with Crippen LogP contribution >= 0.6 is 12.4 Å². The molecule has 5 nitrogen and oxygen atoms in total. The number of phenolic OH excluding ortho intramolecular Hbond substituents is 1. The first-order valence-electron chi connectivity index (χ1n) is 7.19. The summed E-state index contributed by atoms with van der Waals surface area (Å²) < 4.78 is 10.7. The number of benzene rings is 2. The molecule has 0 fully saturated rings. The highest BCUT2D eigenvalue weighted by molar-refractivity contribution is 5.95. The van der Waals surface area contributed by atoms with E-state index >= 15 is 0 Å². The monoisotopic (exact) mass is 346 g/mol. The molecule has 0 saturated carbocycles. The first-order valence-corrected chi connectivity index (χ1v) is 7.19. The third-order valence-electron chi connectivity index (χ3n) is 3.59. The normalized spacial score (nSPS) is 10.1. The van der Waals surface area contributed by atoms with Crippen molar-refractivity contribution in [1.29, 1.82) is 0 Å². The van der Waals surface area contributed by atoms with Crippen molar-refractivity contribution in [2.75, 3.05) is 19.5 Å². The van der Waals surface area contributed by atoms with Crippen LogP contribution < -0.4 is 14.8 Å². The van der Waals surface area contributed by atoms with E-state index in [1.807, 2.05) is 31.2 Å². The van der Waals surface area contributed by atoms with Crippen molar-refractivity contribution < 1.29 is 14.6 Å². The van der Waals surface area contributed by atoms with E-state index in [2.05, 4.69) is 10.3 Å². The summed E-state index contributed by atoms with van der Waals surface area (Å²) in [5, 5.41) is 14.0. The van der Waals surface area contributed by atoms with E-state index in [0.29, 0.717) is 11.5 Å². The summed E-state index contributed by atoms with van der Waals surface area (Å²) in [4.78, 5) is 4.38. The number of nitrogens with zero attached hydrogens (tertiary/aromatic N) is 1. The van der Waals surface area contributed by atoms with Gasteiger partial charge in [0, 0.05) is 35.1 Å². The lowest BCUT2D eigenvalue weighted by Crippen LogP contribution is -1.95. The number of aromatic hydroxyl groups is 1. The summed E-state index contributed by atoms with van der Waals surface area (Å²) in [7, 11) is 3.20. The molecule has 0 unspecified atom stereocenters. The fourth-order valence-corrected chi connectivity index (χ4v) is 2.57. The zero-order valence-corrected chi connectivity index (χ0v) is 14.5. The van der Waals surface area contributed by atoms with Gasteiger partial charge in [-0.05, 0) is 36.8 Å². The standard InChI is InChI=1S/C18H18N2O3.ClH/c1-11-6-12(8-13(21)7-11)20-15-4-5-19-16-10-18(23-3)17(22-2)9-14(15)16;/h4-10,21H,1-3H3,(H,19,20);1H. The van der Waals surface area contributed by atoms with E-state index < -0.39 is 0 Å². The van der Waals surface area contributed by atoms with Crippen LogP contribution in [0.3, 0.4) is 0 Å². The molecule has 0 spiro atoms. The van der Waals surface area contributed by atoms with Crippen molar-refractivity contribution in [3.63, 3.8) is 0 Å². The van der Waals surface area contributed by atoms with Gasteiger partial charge < -0.3 is 19.9 Å².